The molecule has 104 valence electrons. The Morgan fingerprint density at radius 2 is 2.26 bits per heavy atom. The molecule has 19 heavy (non-hydrogen) atoms. The van der Waals surface area contributed by atoms with Crippen LogP contribution in [0.4, 0.5) is 0 Å². The Bertz CT molecular complexity index is 473. The van der Waals surface area contributed by atoms with E-state index in [9.17, 15) is 9.59 Å². The molecule has 0 aliphatic carbocycles. The number of rotatable bonds is 5. The van der Waals surface area contributed by atoms with E-state index >= 15 is 0 Å². The smallest absolute Gasteiger partial charge is 0.305 e. The highest BCUT2D eigenvalue weighted by Crippen LogP contribution is 2.13. The summed E-state index contributed by atoms with van der Waals surface area (Å²) >= 11 is 0. The Labute approximate surface area is 109 Å². The van der Waals surface area contributed by atoms with Crippen LogP contribution in [0.5, 0.6) is 0 Å². The third-order valence-corrected chi connectivity index (χ3v) is 2.96. The highest BCUT2D eigenvalue weighted by molar-refractivity contribution is 5.86. The van der Waals surface area contributed by atoms with Crippen LogP contribution in [0.2, 0.25) is 0 Å². The predicted octanol–water partition coefficient (Wildman–Crippen LogP) is -0.593. The fourth-order valence-electron chi connectivity index (χ4n) is 2.01. The molecule has 8 nitrogen and oxygen atoms in total. The van der Waals surface area contributed by atoms with Gasteiger partial charge >= 0.3 is 5.97 Å². The number of aromatic nitrogens is 2. The maximum absolute atomic E-state index is 11.7. The van der Waals surface area contributed by atoms with Gasteiger partial charge in [-0.2, -0.15) is 0 Å². The molecule has 1 aromatic rings. The van der Waals surface area contributed by atoms with Gasteiger partial charge in [0.15, 0.2) is 0 Å². The summed E-state index contributed by atoms with van der Waals surface area (Å²) in [6.45, 7) is 3.24. The number of hydrogen-bond donors (Lipinski definition) is 2. The molecule has 1 aromatic heterocycles. The molecule has 0 aromatic carbocycles. The van der Waals surface area contributed by atoms with Crippen LogP contribution in [0.3, 0.4) is 0 Å². The van der Waals surface area contributed by atoms with Gasteiger partial charge in [-0.25, -0.2) is 0 Å². The number of carbonyl (C=O) groups excluding carboxylic acids is 1. The summed E-state index contributed by atoms with van der Waals surface area (Å²) in [5.74, 6) is -0.344. The Morgan fingerprint density at radius 1 is 1.53 bits per heavy atom. The third kappa shape index (κ3) is 3.28. The molecule has 2 heterocycles. The van der Waals surface area contributed by atoms with Crippen LogP contribution in [0.1, 0.15) is 25.1 Å². The highest BCUT2D eigenvalue weighted by Gasteiger charge is 2.32. The first-order valence-electron chi connectivity index (χ1n) is 6.15. The SMILES string of the molecule is CCc1nnc(CN2CCNC(=O)C2CC(=O)O)o1. The van der Waals surface area contributed by atoms with E-state index in [1.165, 1.54) is 0 Å². The third-order valence-electron chi connectivity index (χ3n) is 2.96. The summed E-state index contributed by atoms with van der Waals surface area (Å²) in [6, 6.07) is -0.691. The van der Waals surface area contributed by atoms with Crippen LogP contribution >= 0.6 is 0 Å². The summed E-state index contributed by atoms with van der Waals surface area (Å²) in [6.07, 6.45) is 0.409. The van der Waals surface area contributed by atoms with E-state index in [1.807, 2.05) is 6.92 Å². The number of nitrogens with zero attached hydrogens (tertiary/aromatic N) is 3. The van der Waals surface area contributed by atoms with Gasteiger partial charge in [0.1, 0.15) is 6.04 Å². The minimum Gasteiger partial charge on any atom is -0.481 e. The number of hydrogen-bond acceptors (Lipinski definition) is 6. The van der Waals surface area contributed by atoms with E-state index < -0.39 is 12.0 Å². The number of carbonyl (C=O) groups is 2. The number of carboxylic acid groups (broad SMARTS) is 1. The van der Waals surface area contributed by atoms with Gasteiger partial charge in [-0.15, -0.1) is 10.2 Å². The number of amides is 1. The van der Waals surface area contributed by atoms with Crippen LogP contribution in [0.15, 0.2) is 4.42 Å². The lowest BCUT2D eigenvalue weighted by Crippen LogP contribution is -2.55. The van der Waals surface area contributed by atoms with Crippen molar-refractivity contribution in [2.45, 2.75) is 32.4 Å². The first kappa shape index (κ1) is 13.5. The molecule has 2 rings (SSSR count). The molecule has 1 saturated heterocycles. The molecule has 1 aliphatic heterocycles. The molecule has 0 bridgehead atoms. The van der Waals surface area contributed by atoms with Gasteiger partial charge in [-0.3, -0.25) is 14.5 Å². The molecular weight excluding hydrogens is 252 g/mol. The zero-order valence-electron chi connectivity index (χ0n) is 10.6. The molecule has 1 aliphatic rings. The monoisotopic (exact) mass is 268 g/mol. The van der Waals surface area contributed by atoms with Gasteiger partial charge in [-0.1, -0.05) is 6.92 Å². The molecule has 1 unspecified atom stereocenters. The van der Waals surface area contributed by atoms with Crippen molar-refractivity contribution in [3.05, 3.63) is 11.8 Å². The van der Waals surface area contributed by atoms with Crippen LogP contribution in [-0.4, -0.2) is 51.2 Å². The summed E-state index contributed by atoms with van der Waals surface area (Å²) in [7, 11) is 0. The van der Waals surface area contributed by atoms with Gasteiger partial charge in [0, 0.05) is 19.5 Å². The lowest BCUT2D eigenvalue weighted by atomic mass is 10.1. The maximum atomic E-state index is 11.7. The first-order chi connectivity index (χ1) is 9.10. The van der Waals surface area contributed by atoms with Crippen LogP contribution in [-0.2, 0) is 22.6 Å². The number of carboxylic acids is 1. The molecule has 0 radical (unpaired) electrons. The number of aliphatic carboxylic acids is 1. The molecule has 1 fully saturated rings. The highest BCUT2D eigenvalue weighted by atomic mass is 16.4. The number of aryl methyl sites for hydroxylation is 1. The average molecular weight is 268 g/mol. The fourth-order valence-corrected chi connectivity index (χ4v) is 2.01. The zero-order chi connectivity index (χ0) is 13.8. The first-order valence-corrected chi connectivity index (χ1v) is 6.15. The lowest BCUT2D eigenvalue weighted by molar-refractivity contribution is -0.143. The summed E-state index contributed by atoms with van der Waals surface area (Å²) in [5, 5.41) is 19.2. The normalized spacial score (nSPS) is 20.3. The fraction of sp³-hybridized carbons (Fsp3) is 0.636. The molecule has 1 atom stereocenters. The standard InChI is InChI=1S/C11H16N4O4/c1-2-8-13-14-9(19-8)6-15-4-3-12-11(18)7(15)5-10(16)17/h7H,2-6H2,1H3,(H,12,18)(H,16,17). The molecule has 8 heteroatoms. The molecule has 2 N–H and O–H groups in total. The average Bonchev–Trinajstić information content (AvgIpc) is 2.81. The summed E-state index contributed by atoms with van der Waals surface area (Å²) in [4.78, 5) is 24.3. The van der Waals surface area contributed by atoms with Crippen LogP contribution in [0, 0.1) is 0 Å². The van der Waals surface area contributed by atoms with E-state index in [-0.39, 0.29) is 12.3 Å². The predicted molar refractivity (Wildman–Crippen MR) is 63.1 cm³/mol. The van der Waals surface area contributed by atoms with Crippen molar-refractivity contribution in [1.82, 2.24) is 20.4 Å². The number of nitrogens with one attached hydrogen (secondary N) is 1. The van der Waals surface area contributed by atoms with Gasteiger partial charge in [0.2, 0.25) is 17.7 Å². The molecule has 0 saturated carbocycles. The van der Waals surface area contributed by atoms with E-state index in [1.54, 1.807) is 4.90 Å². The van der Waals surface area contributed by atoms with Crippen LogP contribution in [0.25, 0.3) is 0 Å². The second-order valence-electron chi connectivity index (χ2n) is 4.32. The summed E-state index contributed by atoms with van der Waals surface area (Å²) in [5.41, 5.74) is 0. The second kappa shape index (κ2) is 5.79. The Morgan fingerprint density at radius 3 is 2.89 bits per heavy atom. The molecule has 0 spiro atoms. The van der Waals surface area contributed by atoms with E-state index in [0.717, 1.165) is 0 Å². The Hall–Kier alpha value is -1.96. The quantitative estimate of drug-likeness (QED) is 0.734. The van der Waals surface area contributed by atoms with E-state index in [2.05, 4.69) is 15.5 Å². The van der Waals surface area contributed by atoms with Crippen molar-refractivity contribution in [3.8, 4) is 0 Å². The van der Waals surface area contributed by atoms with Gasteiger partial charge in [0.25, 0.3) is 0 Å². The van der Waals surface area contributed by atoms with Crippen LogP contribution < -0.4 is 5.32 Å². The number of piperazine rings is 1. The van der Waals surface area contributed by atoms with Crippen molar-refractivity contribution in [2.75, 3.05) is 13.1 Å². The van der Waals surface area contributed by atoms with Gasteiger partial charge in [0.05, 0.1) is 13.0 Å². The van der Waals surface area contributed by atoms with Crippen molar-refractivity contribution in [3.63, 3.8) is 0 Å². The Kier molecular flexibility index (Phi) is 4.10. The largest absolute Gasteiger partial charge is 0.481 e. The maximum Gasteiger partial charge on any atom is 0.305 e. The van der Waals surface area contributed by atoms with Crippen molar-refractivity contribution in [1.29, 1.82) is 0 Å². The zero-order valence-corrected chi connectivity index (χ0v) is 10.6. The topological polar surface area (TPSA) is 109 Å². The van der Waals surface area contributed by atoms with E-state index in [4.69, 9.17) is 9.52 Å². The van der Waals surface area contributed by atoms with Gasteiger partial charge in [-0.05, 0) is 0 Å². The molecule has 1 amide bonds. The lowest BCUT2D eigenvalue weighted by Gasteiger charge is -2.32. The summed E-state index contributed by atoms with van der Waals surface area (Å²) < 4.78 is 5.38. The second-order valence-corrected chi connectivity index (χ2v) is 4.32. The van der Waals surface area contributed by atoms with E-state index in [0.29, 0.717) is 37.8 Å². The Balaban J connectivity index is 2.06. The molecular formula is C11H16N4O4. The van der Waals surface area contributed by atoms with Crippen molar-refractivity contribution in [2.24, 2.45) is 0 Å². The minimum absolute atomic E-state index is 0.236. The van der Waals surface area contributed by atoms with Crippen molar-refractivity contribution < 1.29 is 19.1 Å². The minimum atomic E-state index is -1.01. The van der Waals surface area contributed by atoms with Gasteiger partial charge < -0.3 is 14.8 Å². The van der Waals surface area contributed by atoms with Crippen molar-refractivity contribution >= 4 is 11.9 Å².